The van der Waals surface area contributed by atoms with Crippen molar-refractivity contribution < 1.29 is 9.47 Å². The zero-order valence-electron chi connectivity index (χ0n) is 17.6. The Morgan fingerprint density at radius 2 is 1.93 bits per heavy atom. The second-order valence-electron chi connectivity index (χ2n) is 6.57. The van der Waals surface area contributed by atoms with Gasteiger partial charge < -0.3 is 20.1 Å². The normalized spacial score (nSPS) is 11.2. The van der Waals surface area contributed by atoms with E-state index in [2.05, 4.69) is 45.3 Å². The molecular formula is C23H28N4O2S. The summed E-state index contributed by atoms with van der Waals surface area (Å²) >= 11 is 1.70. The van der Waals surface area contributed by atoms with Crippen LogP contribution in [0.25, 0.3) is 0 Å². The Morgan fingerprint density at radius 1 is 1.10 bits per heavy atom. The van der Waals surface area contributed by atoms with E-state index in [1.807, 2.05) is 31.2 Å². The van der Waals surface area contributed by atoms with E-state index in [1.54, 1.807) is 25.5 Å². The second kappa shape index (κ2) is 11.2. The lowest BCUT2D eigenvalue weighted by Gasteiger charge is -2.14. The minimum Gasteiger partial charge on any atom is -0.493 e. The van der Waals surface area contributed by atoms with Gasteiger partial charge in [-0.15, -0.1) is 11.3 Å². The second-order valence-corrected chi connectivity index (χ2v) is 7.51. The van der Waals surface area contributed by atoms with Crippen molar-refractivity contribution in [1.29, 1.82) is 0 Å². The number of nitrogens with one attached hydrogen (secondary N) is 2. The molecule has 0 radical (unpaired) electrons. The Kier molecular flexibility index (Phi) is 8.09. The summed E-state index contributed by atoms with van der Waals surface area (Å²) in [5, 5.41) is 9.83. The number of rotatable bonds is 9. The number of guanidine groups is 1. The Balaban J connectivity index is 1.53. The lowest BCUT2D eigenvalue weighted by atomic mass is 10.1. The Labute approximate surface area is 182 Å². The number of aliphatic imine (C=N–C) groups is 1. The van der Waals surface area contributed by atoms with Gasteiger partial charge in [-0.25, -0.2) is 4.98 Å². The molecule has 0 atom stereocenters. The van der Waals surface area contributed by atoms with Crippen LogP contribution < -0.4 is 20.1 Å². The molecule has 0 aliphatic carbocycles. The van der Waals surface area contributed by atoms with E-state index in [9.17, 15) is 0 Å². The van der Waals surface area contributed by atoms with Crippen LogP contribution in [0.4, 0.5) is 5.69 Å². The summed E-state index contributed by atoms with van der Waals surface area (Å²) in [7, 11) is 3.37. The molecule has 2 N–H and O–H groups in total. The SMILES string of the molecule is CCOc1ccc(NC(=NC)NCc2csc(CCc3ccccc3)n2)cc1OC. The molecule has 0 fully saturated rings. The van der Waals surface area contributed by atoms with Crippen LogP contribution in [0.1, 0.15) is 23.2 Å². The third-order valence-corrected chi connectivity index (χ3v) is 5.41. The van der Waals surface area contributed by atoms with Crippen LogP contribution in [-0.4, -0.2) is 31.7 Å². The molecule has 0 spiro atoms. The molecular weight excluding hydrogens is 396 g/mol. The third kappa shape index (κ3) is 6.22. The lowest BCUT2D eigenvalue weighted by Crippen LogP contribution is -2.30. The van der Waals surface area contributed by atoms with E-state index < -0.39 is 0 Å². The van der Waals surface area contributed by atoms with Crippen LogP contribution in [-0.2, 0) is 19.4 Å². The maximum absolute atomic E-state index is 5.56. The maximum Gasteiger partial charge on any atom is 0.195 e. The average Bonchev–Trinajstić information content (AvgIpc) is 3.24. The van der Waals surface area contributed by atoms with Gasteiger partial charge in [-0.3, -0.25) is 4.99 Å². The third-order valence-electron chi connectivity index (χ3n) is 4.46. The number of hydrogen-bond donors (Lipinski definition) is 2. The standard InChI is InChI=1S/C23H28N4O2S/c1-4-29-20-12-11-18(14-21(20)28-3)27-23(24-2)25-15-19-16-30-22(26-19)13-10-17-8-6-5-7-9-17/h5-9,11-12,14,16H,4,10,13,15H2,1-3H3,(H2,24,25,27). The predicted octanol–water partition coefficient (Wildman–Crippen LogP) is 4.52. The average molecular weight is 425 g/mol. The van der Waals surface area contributed by atoms with Crippen LogP contribution in [0.3, 0.4) is 0 Å². The van der Waals surface area contributed by atoms with Gasteiger partial charge in [0.2, 0.25) is 0 Å². The molecule has 1 aromatic heterocycles. The van der Waals surface area contributed by atoms with E-state index in [1.165, 1.54) is 5.56 Å². The van der Waals surface area contributed by atoms with Crippen molar-refractivity contribution in [2.24, 2.45) is 4.99 Å². The monoisotopic (exact) mass is 424 g/mol. The van der Waals surface area contributed by atoms with E-state index in [0.717, 1.165) is 35.0 Å². The molecule has 158 valence electrons. The number of thiazole rings is 1. The molecule has 30 heavy (non-hydrogen) atoms. The highest BCUT2D eigenvalue weighted by atomic mass is 32.1. The van der Waals surface area contributed by atoms with E-state index in [0.29, 0.717) is 24.9 Å². The first-order valence-corrected chi connectivity index (χ1v) is 10.9. The summed E-state index contributed by atoms with van der Waals surface area (Å²) in [5.41, 5.74) is 3.21. The van der Waals surface area contributed by atoms with E-state index >= 15 is 0 Å². The molecule has 6 nitrogen and oxygen atoms in total. The molecule has 0 aliphatic heterocycles. The fraction of sp³-hybridized carbons (Fsp3) is 0.304. The smallest absolute Gasteiger partial charge is 0.195 e. The molecule has 3 aromatic rings. The van der Waals surface area contributed by atoms with Crippen LogP contribution in [0.5, 0.6) is 11.5 Å². The van der Waals surface area contributed by atoms with Crippen molar-refractivity contribution in [3.8, 4) is 11.5 Å². The van der Waals surface area contributed by atoms with Crippen molar-refractivity contribution in [3.05, 3.63) is 70.2 Å². The summed E-state index contributed by atoms with van der Waals surface area (Å²) in [4.78, 5) is 9.03. The highest BCUT2D eigenvalue weighted by Gasteiger charge is 2.08. The first-order chi connectivity index (χ1) is 14.7. The van der Waals surface area contributed by atoms with Crippen LogP contribution in [0, 0.1) is 0 Å². The summed E-state index contributed by atoms with van der Waals surface area (Å²) in [6.45, 7) is 3.14. The summed E-state index contributed by atoms with van der Waals surface area (Å²) in [6, 6.07) is 16.2. The van der Waals surface area contributed by atoms with Gasteiger partial charge in [0.05, 0.1) is 31.0 Å². The molecule has 3 rings (SSSR count). The number of methoxy groups -OCH3 is 1. The molecule has 0 amide bonds. The fourth-order valence-corrected chi connectivity index (χ4v) is 3.75. The number of aryl methyl sites for hydroxylation is 2. The molecule has 0 aliphatic rings. The van der Waals surface area contributed by atoms with Crippen molar-refractivity contribution in [1.82, 2.24) is 10.3 Å². The zero-order chi connectivity index (χ0) is 21.2. The topological polar surface area (TPSA) is 67.8 Å². The van der Waals surface area contributed by atoms with Gasteiger partial charge in [0.25, 0.3) is 0 Å². The first kappa shape index (κ1) is 21.6. The Hall–Kier alpha value is -3.06. The minimum atomic E-state index is 0.591. The van der Waals surface area contributed by atoms with Crippen LogP contribution in [0.2, 0.25) is 0 Å². The molecule has 0 bridgehead atoms. The summed E-state index contributed by atoms with van der Waals surface area (Å²) in [6.07, 6.45) is 1.96. The molecule has 0 unspecified atom stereocenters. The molecule has 0 saturated carbocycles. The van der Waals surface area contributed by atoms with Crippen molar-refractivity contribution in [2.75, 3.05) is 26.1 Å². The Bertz CT molecular complexity index is 957. The summed E-state index contributed by atoms with van der Waals surface area (Å²) < 4.78 is 11.0. The molecule has 1 heterocycles. The first-order valence-electron chi connectivity index (χ1n) is 9.97. The van der Waals surface area contributed by atoms with E-state index in [-0.39, 0.29) is 0 Å². The number of anilines is 1. The number of ether oxygens (including phenoxy) is 2. The molecule has 0 saturated heterocycles. The van der Waals surface area contributed by atoms with Gasteiger partial charge >= 0.3 is 0 Å². The fourth-order valence-electron chi connectivity index (χ4n) is 2.95. The summed E-state index contributed by atoms with van der Waals surface area (Å²) in [5.74, 6) is 2.07. The van der Waals surface area contributed by atoms with Gasteiger partial charge in [-0.05, 0) is 31.0 Å². The molecule has 2 aromatic carbocycles. The van der Waals surface area contributed by atoms with Gasteiger partial charge in [0.15, 0.2) is 17.5 Å². The van der Waals surface area contributed by atoms with Gasteiger partial charge in [-0.1, -0.05) is 30.3 Å². The van der Waals surface area contributed by atoms with Gasteiger partial charge in [0, 0.05) is 30.6 Å². The number of hydrogen-bond acceptors (Lipinski definition) is 5. The lowest BCUT2D eigenvalue weighted by molar-refractivity contribution is 0.311. The molecule has 7 heteroatoms. The Morgan fingerprint density at radius 3 is 2.67 bits per heavy atom. The largest absolute Gasteiger partial charge is 0.493 e. The van der Waals surface area contributed by atoms with Crippen molar-refractivity contribution in [3.63, 3.8) is 0 Å². The quantitative estimate of drug-likeness (QED) is 0.390. The van der Waals surface area contributed by atoms with Gasteiger partial charge in [-0.2, -0.15) is 0 Å². The predicted molar refractivity (Wildman–Crippen MR) is 124 cm³/mol. The minimum absolute atomic E-state index is 0.591. The van der Waals surface area contributed by atoms with E-state index in [4.69, 9.17) is 14.5 Å². The van der Waals surface area contributed by atoms with Crippen LogP contribution >= 0.6 is 11.3 Å². The van der Waals surface area contributed by atoms with Crippen molar-refractivity contribution >= 4 is 23.0 Å². The van der Waals surface area contributed by atoms with Gasteiger partial charge in [0.1, 0.15) is 0 Å². The highest BCUT2D eigenvalue weighted by molar-refractivity contribution is 7.09. The number of aromatic nitrogens is 1. The van der Waals surface area contributed by atoms with Crippen LogP contribution in [0.15, 0.2) is 58.9 Å². The highest BCUT2D eigenvalue weighted by Crippen LogP contribution is 2.30. The zero-order valence-corrected chi connectivity index (χ0v) is 18.5. The number of benzene rings is 2. The number of nitrogens with zero attached hydrogens (tertiary/aromatic N) is 2. The maximum atomic E-state index is 5.56. The van der Waals surface area contributed by atoms with Crippen molar-refractivity contribution in [2.45, 2.75) is 26.3 Å².